The van der Waals surface area contributed by atoms with E-state index in [0.717, 1.165) is 5.69 Å². The first kappa shape index (κ1) is 8.17. The average Bonchev–Trinajstić information content (AvgIpc) is 2.71. The summed E-state index contributed by atoms with van der Waals surface area (Å²) in [5.41, 5.74) is 0.900. The third-order valence-corrected chi connectivity index (χ3v) is 2.19. The molecule has 0 saturated heterocycles. The number of aromatic amines is 1. The molecule has 0 aliphatic heterocycles. The van der Waals surface area contributed by atoms with Gasteiger partial charge in [0.15, 0.2) is 0 Å². The molecule has 8 heteroatoms. The molecule has 1 N–H and O–H groups in total. The third kappa shape index (κ3) is 2.02. The number of aryl methyl sites for hydroxylation is 1. The summed E-state index contributed by atoms with van der Waals surface area (Å²) >= 11 is 1.46. The number of rotatable bonds is 3. The van der Waals surface area contributed by atoms with Crippen molar-refractivity contribution < 1.29 is 0 Å². The van der Waals surface area contributed by atoms with E-state index in [1.54, 1.807) is 13.2 Å². The first-order valence-electron chi connectivity index (χ1n) is 3.56. The van der Waals surface area contributed by atoms with Gasteiger partial charge in [0.05, 0.1) is 11.9 Å². The molecule has 68 valence electrons. The predicted octanol–water partition coefficient (Wildman–Crippen LogP) is -0.380. The molecule has 13 heavy (non-hydrogen) atoms. The van der Waals surface area contributed by atoms with E-state index in [2.05, 4.69) is 30.8 Å². The van der Waals surface area contributed by atoms with Gasteiger partial charge < -0.3 is 0 Å². The largest absolute Gasteiger partial charge is 0.231 e. The fourth-order valence-electron chi connectivity index (χ4n) is 0.806. The Bertz CT molecular complexity index is 366. The fourth-order valence-corrected chi connectivity index (χ4v) is 1.42. The molecule has 2 aromatic rings. The van der Waals surface area contributed by atoms with Crippen molar-refractivity contribution in [3.8, 4) is 0 Å². The summed E-state index contributed by atoms with van der Waals surface area (Å²) < 4.78 is 0. The lowest BCUT2D eigenvalue weighted by atomic mass is 10.6. The summed E-state index contributed by atoms with van der Waals surface area (Å²) in [7, 11) is 1.78. The van der Waals surface area contributed by atoms with Crippen molar-refractivity contribution in [2.75, 3.05) is 0 Å². The molecule has 2 aromatic heterocycles. The normalized spacial score (nSPS) is 10.5. The van der Waals surface area contributed by atoms with E-state index in [4.69, 9.17) is 0 Å². The van der Waals surface area contributed by atoms with Gasteiger partial charge >= 0.3 is 0 Å². The SMILES string of the molecule is Cn1ncc(CSc2nn[nH]n2)n1. The summed E-state index contributed by atoms with van der Waals surface area (Å²) in [6, 6.07) is 0. The number of aromatic nitrogens is 7. The van der Waals surface area contributed by atoms with Gasteiger partial charge in [-0.05, 0) is 5.21 Å². The van der Waals surface area contributed by atoms with Crippen LogP contribution in [-0.4, -0.2) is 35.6 Å². The molecule has 0 saturated carbocycles. The van der Waals surface area contributed by atoms with Gasteiger partial charge in [0.25, 0.3) is 0 Å². The molecule has 0 fully saturated rings. The van der Waals surface area contributed by atoms with Gasteiger partial charge in [-0.2, -0.15) is 20.2 Å². The number of tetrazole rings is 1. The number of nitrogens with zero attached hydrogens (tertiary/aromatic N) is 6. The van der Waals surface area contributed by atoms with Crippen molar-refractivity contribution in [1.29, 1.82) is 0 Å². The van der Waals surface area contributed by atoms with E-state index >= 15 is 0 Å². The Balaban J connectivity index is 1.93. The highest BCUT2D eigenvalue weighted by Crippen LogP contribution is 2.15. The minimum Gasteiger partial charge on any atom is -0.188 e. The molecule has 0 atom stereocenters. The monoisotopic (exact) mass is 197 g/mol. The molecule has 0 aliphatic carbocycles. The molecule has 0 amide bonds. The van der Waals surface area contributed by atoms with E-state index in [1.165, 1.54) is 16.6 Å². The Kier molecular flexibility index (Phi) is 2.21. The lowest BCUT2D eigenvalue weighted by Crippen LogP contribution is -1.92. The standard InChI is InChI=1S/C5H7N7S/c1-12-6-2-4(9-12)3-13-5-7-10-11-8-5/h2H,3H2,1H3,(H,7,8,10,11). The van der Waals surface area contributed by atoms with Crippen LogP contribution in [0, 0.1) is 0 Å². The lowest BCUT2D eigenvalue weighted by molar-refractivity contribution is 0.649. The molecule has 0 unspecified atom stereocenters. The minimum absolute atomic E-state index is 0.616. The Morgan fingerprint density at radius 1 is 1.62 bits per heavy atom. The number of H-pyrrole nitrogens is 1. The van der Waals surface area contributed by atoms with E-state index in [-0.39, 0.29) is 0 Å². The van der Waals surface area contributed by atoms with Crippen LogP contribution in [0.2, 0.25) is 0 Å². The van der Waals surface area contributed by atoms with Gasteiger partial charge in [-0.3, -0.25) is 0 Å². The third-order valence-electron chi connectivity index (χ3n) is 1.32. The van der Waals surface area contributed by atoms with Crippen molar-refractivity contribution in [1.82, 2.24) is 35.6 Å². The van der Waals surface area contributed by atoms with Crippen LogP contribution in [0.4, 0.5) is 0 Å². The molecule has 0 radical (unpaired) electrons. The van der Waals surface area contributed by atoms with Gasteiger partial charge in [-0.1, -0.05) is 11.8 Å². The Hall–Kier alpha value is -1.44. The Morgan fingerprint density at radius 2 is 2.54 bits per heavy atom. The second-order valence-electron chi connectivity index (χ2n) is 2.31. The zero-order chi connectivity index (χ0) is 9.10. The van der Waals surface area contributed by atoms with Gasteiger partial charge in [0.2, 0.25) is 5.16 Å². The van der Waals surface area contributed by atoms with Gasteiger partial charge in [-0.15, -0.1) is 10.2 Å². The Morgan fingerprint density at radius 3 is 3.15 bits per heavy atom. The molecular weight excluding hydrogens is 190 g/mol. The average molecular weight is 197 g/mol. The van der Waals surface area contributed by atoms with Crippen molar-refractivity contribution in [3.63, 3.8) is 0 Å². The van der Waals surface area contributed by atoms with Crippen LogP contribution in [0.5, 0.6) is 0 Å². The van der Waals surface area contributed by atoms with Crippen LogP contribution < -0.4 is 0 Å². The summed E-state index contributed by atoms with van der Waals surface area (Å²) in [5, 5.41) is 22.1. The highest BCUT2D eigenvalue weighted by atomic mass is 32.2. The van der Waals surface area contributed by atoms with Crippen LogP contribution in [-0.2, 0) is 12.8 Å². The minimum atomic E-state index is 0.616. The summed E-state index contributed by atoms with van der Waals surface area (Å²) in [4.78, 5) is 1.52. The highest BCUT2D eigenvalue weighted by molar-refractivity contribution is 7.98. The number of nitrogens with one attached hydrogen (secondary N) is 1. The molecule has 0 aliphatic rings. The zero-order valence-corrected chi connectivity index (χ0v) is 7.69. The van der Waals surface area contributed by atoms with Crippen LogP contribution >= 0.6 is 11.8 Å². The first-order valence-corrected chi connectivity index (χ1v) is 4.54. The van der Waals surface area contributed by atoms with Crippen molar-refractivity contribution in [2.45, 2.75) is 10.9 Å². The van der Waals surface area contributed by atoms with Gasteiger partial charge in [0.1, 0.15) is 0 Å². The molecule has 0 bridgehead atoms. The summed E-state index contributed by atoms with van der Waals surface area (Å²) in [6.07, 6.45) is 1.72. The summed E-state index contributed by atoms with van der Waals surface area (Å²) in [5.74, 6) is 0.702. The first-order chi connectivity index (χ1) is 6.34. The van der Waals surface area contributed by atoms with Gasteiger partial charge in [-0.25, -0.2) is 0 Å². The summed E-state index contributed by atoms with van der Waals surface area (Å²) in [6.45, 7) is 0. The fraction of sp³-hybridized carbons (Fsp3) is 0.400. The van der Waals surface area contributed by atoms with Crippen LogP contribution in [0.1, 0.15) is 5.69 Å². The van der Waals surface area contributed by atoms with E-state index in [1.807, 2.05) is 0 Å². The van der Waals surface area contributed by atoms with E-state index < -0.39 is 0 Å². The van der Waals surface area contributed by atoms with E-state index in [9.17, 15) is 0 Å². The zero-order valence-electron chi connectivity index (χ0n) is 6.88. The van der Waals surface area contributed by atoms with E-state index in [0.29, 0.717) is 10.9 Å². The maximum Gasteiger partial charge on any atom is 0.231 e. The Labute approximate surface area is 77.9 Å². The van der Waals surface area contributed by atoms with Gasteiger partial charge in [0, 0.05) is 12.8 Å². The second kappa shape index (κ2) is 3.52. The second-order valence-corrected chi connectivity index (χ2v) is 3.25. The molecular formula is C5H7N7S. The van der Waals surface area contributed by atoms with Crippen molar-refractivity contribution in [3.05, 3.63) is 11.9 Å². The topological polar surface area (TPSA) is 85.2 Å². The lowest BCUT2D eigenvalue weighted by Gasteiger charge is -1.89. The van der Waals surface area contributed by atoms with Crippen molar-refractivity contribution in [2.24, 2.45) is 7.05 Å². The van der Waals surface area contributed by atoms with Crippen LogP contribution in [0.15, 0.2) is 11.4 Å². The van der Waals surface area contributed by atoms with Crippen LogP contribution in [0.3, 0.4) is 0 Å². The maximum absolute atomic E-state index is 4.11. The number of thioether (sulfide) groups is 1. The molecule has 0 aromatic carbocycles. The smallest absolute Gasteiger partial charge is 0.188 e. The molecule has 2 heterocycles. The molecule has 7 nitrogen and oxygen atoms in total. The number of hydrogen-bond donors (Lipinski definition) is 1. The highest BCUT2D eigenvalue weighted by Gasteiger charge is 2.02. The molecule has 0 spiro atoms. The molecule has 2 rings (SSSR count). The van der Waals surface area contributed by atoms with Crippen molar-refractivity contribution >= 4 is 11.8 Å². The van der Waals surface area contributed by atoms with Crippen LogP contribution in [0.25, 0.3) is 0 Å². The maximum atomic E-state index is 4.11. The number of hydrogen-bond acceptors (Lipinski definition) is 6. The quantitative estimate of drug-likeness (QED) is 0.675. The predicted molar refractivity (Wildman–Crippen MR) is 44.7 cm³/mol.